The van der Waals surface area contributed by atoms with Gasteiger partial charge in [0.05, 0.1) is 0 Å². The van der Waals surface area contributed by atoms with Crippen molar-refractivity contribution < 1.29 is 0 Å². The first-order chi connectivity index (χ1) is 7.16. The zero-order chi connectivity index (χ0) is 10.8. The van der Waals surface area contributed by atoms with Gasteiger partial charge in [0.2, 0.25) is 0 Å². The summed E-state index contributed by atoms with van der Waals surface area (Å²) in [7, 11) is 0. The fourth-order valence-corrected chi connectivity index (χ4v) is 2.99. The van der Waals surface area contributed by atoms with E-state index in [1.54, 1.807) is 0 Å². The molecule has 0 bridgehead atoms. The van der Waals surface area contributed by atoms with Gasteiger partial charge in [-0.1, -0.05) is 13.8 Å². The molecule has 1 N–H and O–H groups in total. The number of hydrogen-bond acceptors (Lipinski definition) is 2. The summed E-state index contributed by atoms with van der Waals surface area (Å²) in [5.74, 6) is 1.81. The first-order valence-corrected chi connectivity index (χ1v) is 6.64. The highest BCUT2D eigenvalue weighted by molar-refractivity contribution is 4.87. The lowest BCUT2D eigenvalue weighted by Gasteiger charge is -2.34. The van der Waals surface area contributed by atoms with Crippen LogP contribution in [0.5, 0.6) is 0 Å². The Labute approximate surface area is 94.4 Å². The fraction of sp³-hybridized carbons (Fsp3) is 1.00. The molecular weight excluding hydrogens is 184 g/mol. The molecule has 0 aromatic rings. The van der Waals surface area contributed by atoms with Crippen LogP contribution in [-0.4, -0.2) is 36.6 Å². The molecule has 2 aliphatic heterocycles. The van der Waals surface area contributed by atoms with Crippen molar-refractivity contribution in [3.8, 4) is 0 Å². The minimum absolute atomic E-state index is 0.741. The molecule has 3 unspecified atom stereocenters. The number of hydrogen-bond donors (Lipinski definition) is 1. The zero-order valence-corrected chi connectivity index (χ0v) is 10.5. The van der Waals surface area contributed by atoms with Crippen LogP contribution in [0, 0.1) is 11.8 Å². The number of nitrogens with one attached hydrogen (secondary N) is 1. The molecule has 0 aromatic heterocycles. The highest BCUT2D eigenvalue weighted by atomic mass is 15.2. The monoisotopic (exact) mass is 210 g/mol. The van der Waals surface area contributed by atoms with Crippen molar-refractivity contribution in [2.24, 2.45) is 11.8 Å². The lowest BCUT2D eigenvalue weighted by atomic mass is 9.95. The van der Waals surface area contributed by atoms with Crippen LogP contribution in [0.4, 0.5) is 0 Å². The van der Waals surface area contributed by atoms with Crippen LogP contribution in [0.25, 0.3) is 0 Å². The second-order valence-corrected chi connectivity index (χ2v) is 5.83. The molecule has 2 heteroatoms. The summed E-state index contributed by atoms with van der Waals surface area (Å²) in [6.45, 7) is 10.9. The van der Waals surface area contributed by atoms with Gasteiger partial charge in [-0.15, -0.1) is 0 Å². The summed E-state index contributed by atoms with van der Waals surface area (Å²) in [5.41, 5.74) is 0. The van der Waals surface area contributed by atoms with Gasteiger partial charge in [0.1, 0.15) is 0 Å². The molecule has 2 aliphatic rings. The van der Waals surface area contributed by atoms with E-state index in [0.29, 0.717) is 0 Å². The molecule has 3 atom stereocenters. The molecule has 2 nitrogen and oxygen atoms in total. The van der Waals surface area contributed by atoms with Crippen molar-refractivity contribution in [2.75, 3.05) is 19.6 Å². The highest BCUT2D eigenvalue weighted by Gasteiger charge is 2.31. The van der Waals surface area contributed by atoms with E-state index >= 15 is 0 Å². The van der Waals surface area contributed by atoms with Gasteiger partial charge in [0.25, 0.3) is 0 Å². The minimum atomic E-state index is 0.741. The largest absolute Gasteiger partial charge is 0.313 e. The highest BCUT2D eigenvalue weighted by Crippen LogP contribution is 2.27. The van der Waals surface area contributed by atoms with Crippen molar-refractivity contribution in [3.05, 3.63) is 0 Å². The Morgan fingerprint density at radius 3 is 2.53 bits per heavy atom. The lowest BCUT2D eigenvalue weighted by molar-refractivity contribution is 0.176. The third-order valence-corrected chi connectivity index (χ3v) is 4.35. The van der Waals surface area contributed by atoms with Gasteiger partial charge in [-0.2, -0.15) is 0 Å². The third kappa shape index (κ3) is 2.73. The van der Waals surface area contributed by atoms with E-state index in [1.807, 2.05) is 0 Å². The van der Waals surface area contributed by atoms with Crippen LogP contribution in [-0.2, 0) is 0 Å². The van der Waals surface area contributed by atoms with Crippen LogP contribution in [0.3, 0.4) is 0 Å². The molecule has 88 valence electrons. The Bertz CT molecular complexity index is 195. The normalized spacial score (nSPS) is 38.8. The Morgan fingerprint density at radius 1 is 1.20 bits per heavy atom. The van der Waals surface area contributed by atoms with E-state index in [4.69, 9.17) is 0 Å². The predicted molar refractivity (Wildman–Crippen MR) is 65.0 cm³/mol. The standard InChI is InChI=1S/C13H26N2/c1-10(2)12-6-7-15(9-12)13-5-4-11(3)14-8-13/h10-14H,4-9H2,1-3H3. The minimum Gasteiger partial charge on any atom is -0.313 e. The van der Waals surface area contributed by atoms with Gasteiger partial charge in [-0.25, -0.2) is 0 Å². The molecular formula is C13H26N2. The van der Waals surface area contributed by atoms with E-state index in [0.717, 1.165) is 23.9 Å². The molecule has 2 rings (SSSR count). The van der Waals surface area contributed by atoms with Crippen molar-refractivity contribution in [1.29, 1.82) is 0 Å². The number of nitrogens with zero attached hydrogens (tertiary/aromatic N) is 1. The summed E-state index contributed by atoms with van der Waals surface area (Å²) in [5, 5.41) is 3.61. The van der Waals surface area contributed by atoms with Gasteiger partial charge in [-0.3, -0.25) is 4.90 Å². The first-order valence-electron chi connectivity index (χ1n) is 6.64. The Hall–Kier alpha value is -0.0800. The summed E-state index contributed by atoms with van der Waals surface area (Å²) in [4.78, 5) is 2.73. The quantitative estimate of drug-likeness (QED) is 0.751. The fourth-order valence-electron chi connectivity index (χ4n) is 2.99. The van der Waals surface area contributed by atoms with Crippen molar-refractivity contribution in [3.63, 3.8) is 0 Å². The SMILES string of the molecule is CC1CCC(N2CCC(C(C)C)C2)CN1. The molecule has 0 aliphatic carbocycles. The van der Waals surface area contributed by atoms with Crippen LogP contribution in [0.15, 0.2) is 0 Å². The molecule has 0 spiro atoms. The number of likely N-dealkylation sites (tertiary alicyclic amines) is 1. The maximum absolute atomic E-state index is 3.61. The molecule has 0 aromatic carbocycles. The van der Waals surface area contributed by atoms with Gasteiger partial charge in [0, 0.05) is 25.2 Å². The average Bonchev–Trinajstić information content (AvgIpc) is 2.68. The smallest absolute Gasteiger partial charge is 0.0221 e. The molecule has 2 fully saturated rings. The van der Waals surface area contributed by atoms with Gasteiger partial charge < -0.3 is 5.32 Å². The molecule has 2 saturated heterocycles. The van der Waals surface area contributed by atoms with Crippen LogP contribution >= 0.6 is 0 Å². The average molecular weight is 210 g/mol. The summed E-state index contributed by atoms with van der Waals surface area (Å²) < 4.78 is 0. The Balaban J connectivity index is 1.80. The first kappa shape index (κ1) is 11.4. The van der Waals surface area contributed by atoms with Crippen molar-refractivity contribution >= 4 is 0 Å². The van der Waals surface area contributed by atoms with Gasteiger partial charge in [0.15, 0.2) is 0 Å². The zero-order valence-electron chi connectivity index (χ0n) is 10.5. The van der Waals surface area contributed by atoms with Crippen LogP contribution in [0.1, 0.15) is 40.0 Å². The molecule has 0 saturated carbocycles. The maximum Gasteiger partial charge on any atom is 0.0221 e. The Morgan fingerprint density at radius 2 is 2.00 bits per heavy atom. The maximum atomic E-state index is 3.61. The lowest BCUT2D eigenvalue weighted by Crippen LogP contribution is -2.48. The van der Waals surface area contributed by atoms with Crippen molar-refractivity contribution in [1.82, 2.24) is 10.2 Å². The van der Waals surface area contributed by atoms with E-state index < -0.39 is 0 Å². The van der Waals surface area contributed by atoms with Crippen LogP contribution in [0.2, 0.25) is 0 Å². The van der Waals surface area contributed by atoms with E-state index in [-0.39, 0.29) is 0 Å². The summed E-state index contributed by atoms with van der Waals surface area (Å²) in [6, 6.07) is 1.56. The molecule has 15 heavy (non-hydrogen) atoms. The second-order valence-electron chi connectivity index (χ2n) is 5.83. The van der Waals surface area contributed by atoms with Gasteiger partial charge >= 0.3 is 0 Å². The number of rotatable bonds is 2. The molecule has 0 amide bonds. The van der Waals surface area contributed by atoms with Crippen molar-refractivity contribution in [2.45, 2.75) is 52.1 Å². The van der Waals surface area contributed by atoms with Gasteiger partial charge in [-0.05, 0) is 44.6 Å². The van der Waals surface area contributed by atoms with Crippen LogP contribution < -0.4 is 5.32 Å². The van der Waals surface area contributed by atoms with E-state index in [1.165, 1.54) is 38.9 Å². The second kappa shape index (κ2) is 4.84. The molecule has 2 heterocycles. The summed E-state index contributed by atoms with van der Waals surface area (Å²) >= 11 is 0. The van der Waals surface area contributed by atoms with E-state index in [9.17, 15) is 0 Å². The Kier molecular flexibility index (Phi) is 3.68. The number of piperidine rings is 1. The van der Waals surface area contributed by atoms with E-state index in [2.05, 4.69) is 31.0 Å². The third-order valence-electron chi connectivity index (χ3n) is 4.35. The molecule has 0 radical (unpaired) electrons. The summed E-state index contributed by atoms with van der Waals surface area (Å²) in [6.07, 6.45) is 4.18. The predicted octanol–water partition coefficient (Wildman–Crippen LogP) is 2.10. The topological polar surface area (TPSA) is 15.3 Å².